The minimum Gasteiger partial charge on any atom is -0.462 e. The van der Waals surface area contributed by atoms with Gasteiger partial charge in [-0.15, -0.1) is 0 Å². The van der Waals surface area contributed by atoms with E-state index < -0.39 is 81.4 Å². The second-order valence-electron chi connectivity index (χ2n) is 27.9. The smallest absolute Gasteiger partial charge is 0.338 e. The van der Waals surface area contributed by atoms with Crippen molar-refractivity contribution in [2.24, 2.45) is 0 Å². The average molecular weight is 1700 g/mol. The summed E-state index contributed by atoms with van der Waals surface area (Å²) in [5.41, 5.74) is -5.28. The summed E-state index contributed by atoms with van der Waals surface area (Å²) in [7, 11) is 0. The minimum atomic E-state index is -2.43. The zero-order valence-electron chi connectivity index (χ0n) is 66.7. The van der Waals surface area contributed by atoms with Crippen molar-refractivity contribution in [3.8, 4) is 0 Å². The summed E-state index contributed by atoms with van der Waals surface area (Å²) in [6.45, 7) is 13.9. The van der Waals surface area contributed by atoms with E-state index in [4.69, 9.17) is 61.1 Å². The number of esters is 8. The Hall–Kier alpha value is -11.9. The van der Waals surface area contributed by atoms with Gasteiger partial charge in [0.2, 0.25) is 0 Å². The molecule has 0 spiro atoms. The Bertz CT molecular complexity index is 5150. The lowest BCUT2D eigenvalue weighted by Gasteiger charge is -2.58. The van der Waals surface area contributed by atoms with Crippen LogP contribution in [-0.2, 0) is 71.5 Å². The molecule has 2 heterocycles. The lowest BCUT2D eigenvalue weighted by atomic mass is 9.61. The second-order valence-corrected chi connectivity index (χ2v) is 29.6. The number of nitrogens with one attached hydrogen (secondary N) is 3. The SMILES string of the molecule is CCOC(=O)c1ccc(C2(c3ccc(C(=O)OCC)cc3)NC(c3ccccc3Cl)(N3C(c4ccccc4Cl)(c4ccccc4Br)NC(c4ccc(C(=O)OCC)cc4)(c4ccc(C(=O)OCC)cc4)C3(c3ccc(C(=O)OCC)cc3)c3ccc(C(=O)OCC)cc3)NC2(c2ccc(C(=O)OCC)cc2)c2ccc(C(=O)OCC)cc2)cc1. The molecular weight excluding hydrogens is 1620 g/mol. The molecule has 0 amide bonds. The molecule has 0 aliphatic carbocycles. The molecule has 1 atom stereocenters. The normalized spacial score (nSPS) is 16.0. The highest BCUT2D eigenvalue weighted by Crippen LogP contribution is 2.71. The van der Waals surface area contributed by atoms with Gasteiger partial charge < -0.3 is 37.9 Å². The summed E-state index contributed by atoms with van der Waals surface area (Å²) in [6.07, 6.45) is 0. The van der Waals surface area contributed by atoms with Gasteiger partial charge in [-0.25, -0.2) is 43.3 Å². The van der Waals surface area contributed by atoms with Crippen LogP contribution in [0.1, 0.15) is 199 Å². The Kier molecular flexibility index (Phi) is 25.8. The number of hydrogen-bond acceptors (Lipinski definition) is 20. The number of ether oxygens (including phenoxy) is 8. The quantitative estimate of drug-likeness (QED) is 0.0304. The first-order chi connectivity index (χ1) is 57.6. The number of halogens is 3. The van der Waals surface area contributed by atoms with E-state index in [0.29, 0.717) is 60.1 Å². The van der Waals surface area contributed by atoms with Gasteiger partial charge in [0.15, 0.2) is 5.79 Å². The second kappa shape index (κ2) is 36.1. The van der Waals surface area contributed by atoms with Gasteiger partial charge in [0.05, 0.1) is 114 Å². The molecule has 0 aromatic heterocycles. The predicted molar refractivity (Wildman–Crippen MR) is 453 cm³/mol. The average Bonchev–Trinajstić information content (AvgIpc) is 1.46. The Labute approximate surface area is 708 Å². The number of rotatable bonds is 28. The maximum absolute atomic E-state index is 14.6. The van der Waals surface area contributed by atoms with Crippen molar-refractivity contribution in [1.29, 1.82) is 0 Å². The third-order valence-corrected chi connectivity index (χ3v) is 23.0. The molecule has 0 radical (unpaired) electrons. The summed E-state index contributed by atoms with van der Waals surface area (Å²) in [5, 5.41) is 14.0. The monoisotopic (exact) mass is 1700 g/mol. The van der Waals surface area contributed by atoms with Crippen LogP contribution in [0.25, 0.3) is 0 Å². The van der Waals surface area contributed by atoms with E-state index in [0.717, 1.165) is 0 Å². The summed E-state index contributed by atoms with van der Waals surface area (Å²) in [4.78, 5) is 118. The highest BCUT2D eigenvalue weighted by Gasteiger charge is 2.81. The van der Waals surface area contributed by atoms with Crippen LogP contribution in [0.2, 0.25) is 10.0 Å². The molecule has 11 aromatic rings. The van der Waals surface area contributed by atoms with Gasteiger partial charge in [-0.05, 0) is 215 Å². The van der Waals surface area contributed by atoms with E-state index in [1.807, 2.05) is 97.1 Å². The summed E-state index contributed by atoms with van der Waals surface area (Å²) in [6, 6.07) is 77.4. The molecular formula is C96H87BrCl2N4O16. The number of carbonyl (C=O) groups is 8. The van der Waals surface area contributed by atoms with E-state index in [2.05, 4.69) is 36.8 Å². The molecule has 608 valence electrons. The fraction of sp³-hybridized carbons (Fsp3) is 0.229. The van der Waals surface area contributed by atoms with Crippen LogP contribution in [0.4, 0.5) is 0 Å². The number of carbonyl (C=O) groups excluding carboxylic acids is 8. The first kappa shape index (κ1) is 85.0. The van der Waals surface area contributed by atoms with E-state index >= 15 is 0 Å². The van der Waals surface area contributed by atoms with Crippen molar-refractivity contribution in [1.82, 2.24) is 20.9 Å². The zero-order chi connectivity index (χ0) is 84.4. The first-order valence-electron chi connectivity index (χ1n) is 39.3. The van der Waals surface area contributed by atoms with Crippen molar-refractivity contribution in [2.75, 3.05) is 52.9 Å². The van der Waals surface area contributed by atoms with Crippen molar-refractivity contribution in [3.63, 3.8) is 0 Å². The van der Waals surface area contributed by atoms with Crippen LogP contribution in [0.15, 0.2) is 271 Å². The van der Waals surface area contributed by atoms with Gasteiger partial charge in [-0.3, -0.25) is 16.0 Å². The molecule has 11 aromatic carbocycles. The fourth-order valence-electron chi connectivity index (χ4n) is 16.9. The van der Waals surface area contributed by atoms with E-state index in [9.17, 15) is 38.4 Å². The molecule has 0 bridgehead atoms. The van der Waals surface area contributed by atoms with Crippen LogP contribution in [0.5, 0.6) is 0 Å². The molecule has 20 nitrogen and oxygen atoms in total. The van der Waals surface area contributed by atoms with Crippen LogP contribution in [0.3, 0.4) is 0 Å². The highest BCUT2D eigenvalue weighted by molar-refractivity contribution is 9.10. The Morgan fingerprint density at radius 3 is 0.714 bits per heavy atom. The van der Waals surface area contributed by atoms with Crippen molar-refractivity contribution < 1.29 is 76.3 Å². The van der Waals surface area contributed by atoms with Crippen molar-refractivity contribution in [3.05, 3.63) is 387 Å². The highest BCUT2D eigenvalue weighted by atomic mass is 79.9. The largest absolute Gasteiger partial charge is 0.462 e. The number of hydrogen-bond donors (Lipinski definition) is 3. The fourth-order valence-corrected chi connectivity index (χ4v) is 18.0. The molecule has 2 fully saturated rings. The Morgan fingerprint density at radius 1 is 0.269 bits per heavy atom. The lowest BCUT2D eigenvalue weighted by Crippen LogP contribution is -2.73. The zero-order valence-corrected chi connectivity index (χ0v) is 69.8. The molecule has 2 aliphatic heterocycles. The van der Waals surface area contributed by atoms with Crippen LogP contribution in [0, 0.1) is 0 Å². The molecule has 2 aliphatic rings. The third-order valence-electron chi connectivity index (χ3n) is 21.6. The molecule has 1 unspecified atom stereocenters. The van der Waals surface area contributed by atoms with Gasteiger partial charge >= 0.3 is 47.8 Å². The van der Waals surface area contributed by atoms with Gasteiger partial charge in [-0.2, -0.15) is 0 Å². The van der Waals surface area contributed by atoms with Gasteiger partial charge in [0.1, 0.15) is 11.2 Å². The van der Waals surface area contributed by atoms with Crippen molar-refractivity contribution >= 4 is 86.9 Å². The van der Waals surface area contributed by atoms with E-state index in [1.54, 1.807) is 225 Å². The van der Waals surface area contributed by atoms with Crippen LogP contribution < -0.4 is 16.0 Å². The Morgan fingerprint density at radius 2 is 0.479 bits per heavy atom. The van der Waals surface area contributed by atoms with Crippen molar-refractivity contribution in [2.45, 2.75) is 89.0 Å². The van der Waals surface area contributed by atoms with Crippen LogP contribution >= 0.6 is 39.1 Å². The molecule has 13 rings (SSSR count). The molecule has 23 heteroatoms. The molecule has 2 saturated heterocycles. The maximum Gasteiger partial charge on any atom is 0.338 e. The molecule has 0 saturated carbocycles. The minimum absolute atomic E-state index is 0.0173. The molecule has 119 heavy (non-hydrogen) atoms. The summed E-state index contributed by atoms with van der Waals surface area (Å²) in [5.74, 6) is -7.57. The summed E-state index contributed by atoms with van der Waals surface area (Å²) >= 11 is 21.0. The van der Waals surface area contributed by atoms with E-state index in [1.165, 1.54) is 0 Å². The number of nitrogens with zero attached hydrogens (tertiary/aromatic N) is 1. The topological polar surface area (TPSA) is 250 Å². The third kappa shape index (κ3) is 15.0. The first-order valence-corrected chi connectivity index (χ1v) is 40.8. The van der Waals surface area contributed by atoms with Gasteiger partial charge in [0, 0.05) is 31.2 Å². The van der Waals surface area contributed by atoms with Gasteiger partial charge in [-0.1, -0.05) is 191 Å². The standard InChI is InChI=1S/C96H87BrCl2N4O16/c1-9-112-83(104)61-29-45-69(46-30-61)91(70-47-31-62(32-48-70)84(105)113-10-2)92(71-49-33-63(34-50-71)85(106)114-11-3,72-51-35-64(36-52-72)86(107)115-12-4)102-96(101-91,79-25-19-22-28-82(79)99)103-94(75-57-41-67(42-58-75)89(110)118-15-7,76-59-43-68(44-60-76)90(111)119-16-8)93(73-53-37-65(38-54-73)87(108)116-13-5,74-55-39-66(40-56-74)88(109)117-14-6)100-95(103,77-23-17-20-26-80(77)97)78-24-18-21-27-81(78)98/h17-60,100-102H,9-16H2,1-8H3. The molecule has 3 N–H and O–H groups in total. The maximum atomic E-state index is 14.6. The van der Waals surface area contributed by atoms with E-state index in [-0.39, 0.29) is 113 Å². The van der Waals surface area contributed by atoms with Crippen LogP contribution in [-0.4, -0.2) is 106 Å². The van der Waals surface area contributed by atoms with Gasteiger partial charge in [0.25, 0.3) is 0 Å². The predicted octanol–water partition coefficient (Wildman–Crippen LogP) is 18.1. The summed E-state index contributed by atoms with van der Waals surface area (Å²) < 4.78 is 46.5. The number of benzene rings is 11. The Balaban J connectivity index is 1.39. The lowest BCUT2D eigenvalue weighted by molar-refractivity contribution is -0.0863.